The van der Waals surface area contributed by atoms with Gasteiger partial charge in [0, 0.05) is 12.2 Å². The summed E-state index contributed by atoms with van der Waals surface area (Å²) in [5.41, 5.74) is 0. The van der Waals surface area contributed by atoms with Gasteiger partial charge in [-0.3, -0.25) is 4.74 Å². The van der Waals surface area contributed by atoms with E-state index in [4.69, 9.17) is 18.9 Å². The van der Waals surface area contributed by atoms with Gasteiger partial charge in [0.15, 0.2) is 12.4 Å². The zero-order valence-corrected chi connectivity index (χ0v) is 8.31. The molecule has 82 valence electrons. The molecule has 0 radical (unpaired) electrons. The molecule has 0 amide bonds. The van der Waals surface area contributed by atoms with Crippen LogP contribution in [0.2, 0.25) is 0 Å². The van der Waals surface area contributed by atoms with E-state index < -0.39 is 23.7 Å². The molecule has 6 nitrogen and oxygen atoms in total. The average molecular weight is 214 g/mol. The molecule has 1 saturated heterocycles. The lowest BCUT2D eigenvalue weighted by atomic mass is 10.4. The monoisotopic (exact) mass is 214 g/mol. The topological polar surface area (TPSA) is 71.1 Å². The standard InChI is InChI=1S/C9H10O6/c1-8(2)12-5-9(15-8)13-6(10)3-4-7(11)14-9/h3-4H,5H2,1-2H3. The second-order valence-corrected chi connectivity index (χ2v) is 3.65. The van der Waals surface area contributed by atoms with E-state index in [-0.39, 0.29) is 6.61 Å². The lowest BCUT2D eigenvalue weighted by molar-refractivity contribution is -0.339. The van der Waals surface area contributed by atoms with E-state index in [0.717, 1.165) is 12.2 Å². The Kier molecular flexibility index (Phi) is 2.06. The highest BCUT2D eigenvalue weighted by atomic mass is 17.0. The van der Waals surface area contributed by atoms with Crippen LogP contribution in [0.4, 0.5) is 0 Å². The molecule has 6 heteroatoms. The van der Waals surface area contributed by atoms with E-state index in [1.807, 2.05) is 0 Å². The number of carbonyl (C=O) groups is 2. The van der Waals surface area contributed by atoms with Crippen LogP contribution in [0.5, 0.6) is 0 Å². The summed E-state index contributed by atoms with van der Waals surface area (Å²) in [6.07, 6.45) is 1.96. The van der Waals surface area contributed by atoms with Gasteiger partial charge >= 0.3 is 17.9 Å². The van der Waals surface area contributed by atoms with Crippen molar-refractivity contribution in [2.24, 2.45) is 0 Å². The van der Waals surface area contributed by atoms with Crippen LogP contribution >= 0.6 is 0 Å². The summed E-state index contributed by atoms with van der Waals surface area (Å²) in [5, 5.41) is 0. The van der Waals surface area contributed by atoms with Crippen molar-refractivity contribution in [1.29, 1.82) is 0 Å². The highest BCUT2D eigenvalue weighted by Gasteiger charge is 2.53. The van der Waals surface area contributed by atoms with Crippen molar-refractivity contribution in [1.82, 2.24) is 0 Å². The minimum Gasteiger partial charge on any atom is -0.393 e. The molecular formula is C9H10O6. The number of hydrogen-bond donors (Lipinski definition) is 0. The Labute approximate surface area is 85.7 Å². The van der Waals surface area contributed by atoms with E-state index in [0.29, 0.717) is 0 Å². The van der Waals surface area contributed by atoms with Crippen molar-refractivity contribution in [3.05, 3.63) is 12.2 Å². The second-order valence-electron chi connectivity index (χ2n) is 3.65. The van der Waals surface area contributed by atoms with Gasteiger partial charge in [-0.15, -0.1) is 0 Å². The Morgan fingerprint density at radius 3 is 2.07 bits per heavy atom. The first-order valence-electron chi connectivity index (χ1n) is 4.39. The SMILES string of the molecule is CC1(C)OCC2(OC(=O)C=CC(=O)O2)O1. The fourth-order valence-corrected chi connectivity index (χ4v) is 1.33. The van der Waals surface area contributed by atoms with Gasteiger partial charge in [-0.25, -0.2) is 9.59 Å². The molecule has 2 aliphatic heterocycles. The summed E-state index contributed by atoms with van der Waals surface area (Å²) in [6.45, 7) is 3.11. The van der Waals surface area contributed by atoms with E-state index >= 15 is 0 Å². The van der Waals surface area contributed by atoms with Crippen molar-refractivity contribution in [3.8, 4) is 0 Å². The van der Waals surface area contributed by atoms with Crippen LogP contribution in [0.3, 0.4) is 0 Å². The smallest absolute Gasteiger partial charge is 0.393 e. The summed E-state index contributed by atoms with van der Waals surface area (Å²) in [5.74, 6) is -4.12. The van der Waals surface area contributed by atoms with E-state index in [2.05, 4.69) is 0 Å². The van der Waals surface area contributed by atoms with Crippen LogP contribution in [-0.4, -0.2) is 30.3 Å². The third kappa shape index (κ3) is 2.00. The highest BCUT2D eigenvalue weighted by Crippen LogP contribution is 2.34. The van der Waals surface area contributed by atoms with Crippen molar-refractivity contribution >= 4 is 11.9 Å². The first kappa shape index (κ1) is 10.1. The summed E-state index contributed by atoms with van der Waals surface area (Å²) < 4.78 is 20.1. The molecule has 1 spiro atoms. The van der Waals surface area contributed by atoms with Crippen LogP contribution in [0.1, 0.15) is 13.8 Å². The van der Waals surface area contributed by atoms with E-state index in [1.54, 1.807) is 13.8 Å². The zero-order valence-electron chi connectivity index (χ0n) is 8.31. The predicted molar refractivity (Wildman–Crippen MR) is 45.2 cm³/mol. The van der Waals surface area contributed by atoms with Gasteiger partial charge in [-0.05, 0) is 13.8 Å². The molecule has 2 rings (SSSR count). The molecule has 0 N–H and O–H groups in total. The van der Waals surface area contributed by atoms with Crippen LogP contribution in [-0.2, 0) is 28.5 Å². The van der Waals surface area contributed by atoms with Gasteiger partial charge in [-0.2, -0.15) is 0 Å². The lowest BCUT2D eigenvalue weighted by Crippen LogP contribution is -2.42. The predicted octanol–water partition coefficient (Wildman–Crippen LogP) is 0.0793. The van der Waals surface area contributed by atoms with Crippen LogP contribution < -0.4 is 0 Å². The average Bonchev–Trinajstić information content (AvgIpc) is 2.29. The molecule has 2 aliphatic rings. The van der Waals surface area contributed by atoms with Gasteiger partial charge in [0.2, 0.25) is 0 Å². The summed E-state index contributed by atoms with van der Waals surface area (Å²) in [7, 11) is 0. The largest absolute Gasteiger partial charge is 0.403 e. The summed E-state index contributed by atoms with van der Waals surface area (Å²) >= 11 is 0. The number of hydrogen-bond acceptors (Lipinski definition) is 6. The summed E-state index contributed by atoms with van der Waals surface area (Å²) in [6, 6.07) is 0. The van der Waals surface area contributed by atoms with Crippen molar-refractivity contribution < 1.29 is 28.5 Å². The number of ether oxygens (including phenoxy) is 4. The van der Waals surface area contributed by atoms with Crippen molar-refractivity contribution in [2.45, 2.75) is 25.6 Å². The molecule has 15 heavy (non-hydrogen) atoms. The zero-order chi connectivity index (χ0) is 11.1. The molecule has 0 aromatic carbocycles. The first-order valence-corrected chi connectivity index (χ1v) is 4.39. The van der Waals surface area contributed by atoms with Gasteiger partial charge < -0.3 is 14.2 Å². The van der Waals surface area contributed by atoms with E-state index in [9.17, 15) is 9.59 Å². The van der Waals surface area contributed by atoms with Gasteiger partial charge in [-0.1, -0.05) is 0 Å². The van der Waals surface area contributed by atoms with Crippen LogP contribution in [0, 0.1) is 0 Å². The molecule has 0 saturated carbocycles. The Morgan fingerprint density at radius 2 is 1.67 bits per heavy atom. The maximum Gasteiger partial charge on any atom is 0.403 e. The van der Waals surface area contributed by atoms with Crippen LogP contribution in [0.25, 0.3) is 0 Å². The van der Waals surface area contributed by atoms with Crippen molar-refractivity contribution in [2.75, 3.05) is 6.61 Å². The lowest BCUT2D eigenvalue weighted by Gasteiger charge is -2.25. The maximum absolute atomic E-state index is 11.1. The minimum absolute atomic E-state index is 0.140. The number of rotatable bonds is 0. The molecule has 0 aliphatic carbocycles. The number of esters is 2. The second kappa shape index (κ2) is 3.04. The fraction of sp³-hybridized carbons (Fsp3) is 0.556. The minimum atomic E-state index is -1.75. The van der Waals surface area contributed by atoms with Gasteiger partial charge in [0.25, 0.3) is 0 Å². The Balaban J connectivity index is 2.22. The number of carbonyl (C=O) groups excluding carboxylic acids is 2. The molecule has 0 aromatic rings. The normalized spacial score (nSPS) is 27.3. The molecule has 0 aromatic heterocycles. The first-order chi connectivity index (χ1) is 6.91. The van der Waals surface area contributed by atoms with Crippen molar-refractivity contribution in [3.63, 3.8) is 0 Å². The molecule has 0 atom stereocenters. The summed E-state index contributed by atoms with van der Waals surface area (Å²) in [4.78, 5) is 22.2. The van der Waals surface area contributed by atoms with Gasteiger partial charge in [0.1, 0.15) is 0 Å². The van der Waals surface area contributed by atoms with E-state index in [1.165, 1.54) is 0 Å². The molecular weight excluding hydrogens is 204 g/mol. The van der Waals surface area contributed by atoms with Crippen LogP contribution in [0.15, 0.2) is 12.2 Å². The molecule has 0 unspecified atom stereocenters. The highest BCUT2D eigenvalue weighted by molar-refractivity contribution is 5.93. The van der Waals surface area contributed by atoms with Gasteiger partial charge in [0.05, 0.1) is 0 Å². The third-order valence-corrected chi connectivity index (χ3v) is 1.87. The third-order valence-electron chi connectivity index (χ3n) is 1.87. The Morgan fingerprint density at radius 1 is 1.13 bits per heavy atom. The maximum atomic E-state index is 11.1. The molecule has 0 bridgehead atoms. The molecule has 1 fully saturated rings. The Bertz CT molecular complexity index is 323. The Hall–Kier alpha value is -1.40. The molecule has 2 heterocycles. The fourth-order valence-electron chi connectivity index (χ4n) is 1.33. The quantitative estimate of drug-likeness (QED) is 0.532.